The summed E-state index contributed by atoms with van der Waals surface area (Å²) in [5.74, 6) is -6.92. The number of carboxylic acids is 3. The minimum absolute atomic E-state index is 0.0531. The van der Waals surface area contributed by atoms with Crippen molar-refractivity contribution in [2.45, 2.75) is 68.6 Å². The van der Waals surface area contributed by atoms with Gasteiger partial charge in [0, 0.05) is 60.7 Å². The number of phenolic OH excluding ortho intramolecular Hbond substituents is 2. The number of nitrogens with zero attached hydrogens (tertiary/aromatic N) is 6. The van der Waals surface area contributed by atoms with Gasteiger partial charge in [0.2, 0.25) is 12.0 Å². The molecule has 3 aromatic rings. The molecule has 3 fully saturated rings. The van der Waals surface area contributed by atoms with Gasteiger partial charge in [-0.05, 0) is 18.1 Å². The fourth-order valence-electron chi connectivity index (χ4n) is 8.57. The van der Waals surface area contributed by atoms with E-state index in [0.717, 1.165) is 37.0 Å². The van der Waals surface area contributed by atoms with E-state index in [1.807, 2.05) is 0 Å². The zero-order chi connectivity index (χ0) is 40.2. The molecule has 3 saturated heterocycles. The molecule has 2 bridgehead atoms. The first-order chi connectivity index (χ1) is 26.5. The van der Waals surface area contributed by atoms with Gasteiger partial charge in [-0.25, -0.2) is 19.3 Å². The Morgan fingerprint density at radius 3 is 2.41 bits per heavy atom. The molecule has 7 atom stereocenters. The molecule has 296 valence electrons. The van der Waals surface area contributed by atoms with Crippen molar-refractivity contribution in [2.24, 2.45) is 17.0 Å². The molecule has 7 rings (SSSR count). The van der Waals surface area contributed by atoms with Crippen molar-refractivity contribution in [1.82, 2.24) is 19.7 Å². The van der Waals surface area contributed by atoms with E-state index in [4.69, 9.17) is 15.7 Å². The molecule has 21 heteroatoms. The number of aromatic hydroxyl groups is 2. The Balaban J connectivity index is 1.05. The first kappa shape index (κ1) is 38.7. The fourth-order valence-corrected chi connectivity index (χ4v) is 10.5. The number of thioether (sulfide) groups is 1. The number of piperidine rings is 1. The number of anilines is 1. The first-order valence-corrected chi connectivity index (χ1v) is 19.6. The SMILES string of the molecule is C[N+]1(CC2=C(C(=O)O)N3C(=O)[C@@H](CC(=O)/C(=N\O[C@@H](CC(=O)O)C(=O)O)c4csc(N)n4)[C@H]3SC2)[C@@H]2CC[C@H]1CC(Cn1ncc3cc(O)c(O)cc3c1=O)C2. The Bertz CT molecular complexity index is 2270. The van der Waals surface area contributed by atoms with Crippen molar-refractivity contribution in [3.8, 4) is 11.5 Å². The lowest BCUT2D eigenvalue weighted by atomic mass is 9.87. The lowest BCUT2D eigenvalue weighted by Gasteiger charge is -2.52. The molecule has 0 spiro atoms. The van der Waals surface area contributed by atoms with Crippen molar-refractivity contribution in [1.29, 1.82) is 0 Å². The Labute approximate surface area is 325 Å². The van der Waals surface area contributed by atoms with Gasteiger partial charge in [-0.1, -0.05) is 5.16 Å². The quantitative estimate of drug-likeness (QED) is 0.0441. The number of amides is 1. The number of oxime groups is 1. The number of carbonyl (C=O) groups is 5. The van der Waals surface area contributed by atoms with Gasteiger partial charge < -0.3 is 40.6 Å². The zero-order valence-electron chi connectivity index (χ0n) is 29.8. The number of aromatic nitrogens is 3. The zero-order valence-corrected chi connectivity index (χ0v) is 31.4. The maximum Gasteiger partial charge on any atom is 0.352 e. The summed E-state index contributed by atoms with van der Waals surface area (Å²) < 4.78 is 1.97. The largest absolute Gasteiger partial charge is 0.504 e. The lowest BCUT2D eigenvalue weighted by Crippen LogP contribution is -2.64. The number of hydrogen-bond donors (Lipinski definition) is 6. The summed E-state index contributed by atoms with van der Waals surface area (Å²) in [6.45, 7) is 0.761. The number of nitrogens with two attached hydrogens (primary N) is 1. The maximum atomic E-state index is 13.7. The number of quaternary nitrogens is 1. The van der Waals surface area contributed by atoms with Crippen LogP contribution in [0.3, 0.4) is 0 Å². The minimum Gasteiger partial charge on any atom is -0.504 e. The van der Waals surface area contributed by atoms with Gasteiger partial charge in [-0.3, -0.25) is 24.1 Å². The molecule has 4 aliphatic heterocycles. The number of ketones is 1. The number of Topliss-reactive ketones (excluding diaryl/α,β-unsaturated/α-hetero) is 1. The second-order valence-electron chi connectivity index (χ2n) is 14.7. The highest BCUT2D eigenvalue weighted by Crippen LogP contribution is 2.49. The number of benzene rings is 1. The topological polar surface area (TPSA) is 285 Å². The molecule has 4 aliphatic rings. The molecule has 0 radical (unpaired) electrons. The van der Waals surface area contributed by atoms with Crippen LogP contribution in [0.15, 0.2) is 44.9 Å². The Morgan fingerprint density at radius 2 is 1.79 bits per heavy atom. The number of fused-ring (bicyclic) bond motifs is 4. The Hall–Kier alpha value is -5.54. The monoisotopic (exact) mass is 812 g/mol. The second-order valence-corrected chi connectivity index (χ2v) is 16.7. The van der Waals surface area contributed by atoms with E-state index in [9.17, 15) is 49.2 Å². The van der Waals surface area contributed by atoms with Crippen LogP contribution in [-0.4, -0.2) is 128 Å². The third-order valence-electron chi connectivity index (χ3n) is 11.3. The molecule has 19 nitrogen and oxygen atoms in total. The number of nitrogen functional groups attached to an aromatic ring is 1. The molecule has 0 aliphatic carbocycles. The van der Waals surface area contributed by atoms with E-state index in [2.05, 4.69) is 22.3 Å². The molecule has 7 N–H and O–H groups in total. The highest BCUT2D eigenvalue weighted by Gasteiger charge is 2.57. The van der Waals surface area contributed by atoms with Gasteiger partial charge in [-0.15, -0.1) is 23.1 Å². The normalized spacial score (nSPS) is 26.4. The van der Waals surface area contributed by atoms with Gasteiger partial charge in [-0.2, -0.15) is 5.10 Å². The highest BCUT2D eigenvalue weighted by molar-refractivity contribution is 8.00. The first-order valence-electron chi connectivity index (χ1n) is 17.6. The Kier molecular flexibility index (Phi) is 10.3. The summed E-state index contributed by atoms with van der Waals surface area (Å²) in [5.41, 5.74) is 5.36. The molecule has 0 saturated carbocycles. The molecule has 2 aromatic heterocycles. The summed E-state index contributed by atoms with van der Waals surface area (Å²) in [6, 6.07) is 2.85. The van der Waals surface area contributed by atoms with E-state index in [1.165, 1.54) is 45.1 Å². The van der Waals surface area contributed by atoms with Crippen LogP contribution in [0, 0.1) is 11.8 Å². The number of carbonyl (C=O) groups excluding carboxylic acids is 2. The molecule has 1 aromatic carbocycles. The van der Waals surface area contributed by atoms with E-state index in [-0.39, 0.29) is 51.2 Å². The minimum atomic E-state index is -1.91. The van der Waals surface area contributed by atoms with Crippen LogP contribution >= 0.6 is 23.1 Å². The number of likely N-dealkylation sites (N-methyl/N-ethyl adjacent to an activating group) is 1. The summed E-state index contributed by atoms with van der Waals surface area (Å²) in [5, 5.41) is 58.0. The van der Waals surface area contributed by atoms with Gasteiger partial charge in [0.1, 0.15) is 17.9 Å². The van der Waals surface area contributed by atoms with E-state index in [1.54, 1.807) is 0 Å². The third kappa shape index (κ3) is 7.05. The van der Waals surface area contributed by atoms with Crippen molar-refractivity contribution >= 4 is 74.3 Å². The van der Waals surface area contributed by atoms with Crippen molar-refractivity contribution < 1.29 is 58.8 Å². The van der Waals surface area contributed by atoms with Crippen LogP contribution in [-0.2, 0) is 35.4 Å². The van der Waals surface area contributed by atoms with E-state index < -0.39 is 71.3 Å². The van der Waals surface area contributed by atoms with Gasteiger partial charge >= 0.3 is 17.9 Å². The number of thiazole rings is 1. The van der Waals surface area contributed by atoms with Crippen LogP contribution in [0.2, 0.25) is 0 Å². The Morgan fingerprint density at radius 1 is 1.09 bits per heavy atom. The van der Waals surface area contributed by atoms with Crippen LogP contribution in [0.25, 0.3) is 10.8 Å². The van der Waals surface area contributed by atoms with Crippen LogP contribution in [0.4, 0.5) is 5.13 Å². The standard InChI is InChI=1S/C35H37N7O12S2/c1-42(18-2-3-19(42)5-15(4-18)11-40-30(48)20-7-24(44)23(43)6-16(20)10-37-40)12-17-13-55-32-21(31(49)41(32)29(17)34(52)53)8-25(45)28(22-14-56-35(36)38-22)39-54-26(33(50)51)9-27(46)47/h6-7,10,14-15,18-19,21,26,32H,2-5,8-9,11-13H2,1H3,(H6-,36,37,38,39,43,44,45,46,47,48,50,51,52,53)/p+1/t15?,18-,19+,21-,26+,32-,42?/m1/s1. The fraction of sp³-hybridized carbons (Fsp3) is 0.457. The number of rotatable bonds is 14. The summed E-state index contributed by atoms with van der Waals surface area (Å²) >= 11 is 2.31. The van der Waals surface area contributed by atoms with E-state index >= 15 is 0 Å². The third-order valence-corrected chi connectivity index (χ3v) is 13.4. The van der Waals surface area contributed by atoms with Crippen LogP contribution in [0.5, 0.6) is 11.5 Å². The summed E-state index contributed by atoms with van der Waals surface area (Å²) in [7, 11) is 2.11. The molecule has 6 heterocycles. The lowest BCUT2D eigenvalue weighted by molar-refractivity contribution is -0.945. The smallest absolute Gasteiger partial charge is 0.352 e. The summed E-state index contributed by atoms with van der Waals surface area (Å²) in [4.78, 5) is 86.1. The van der Waals surface area contributed by atoms with Gasteiger partial charge in [0.05, 0.1) is 48.4 Å². The van der Waals surface area contributed by atoms with Crippen LogP contribution < -0.4 is 11.3 Å². The summed E-state index contributed by atoms with van der Waals surface area (Å²) in [6.07, 6.45) is 1.55. The number of aliphatic carboxylic acids is 3. The predicted molar refractivity (Wildman–Crippen MR) is 199 cm³/mol. The molecule has 56 heavy (non-hydrogen) atoms. The predicted octanol–water partition coefficient (Wildman–Crippen LogP) is 1.41. The van der Waals surface area contributed by atoms with Gasteiger partial charge in [0.15, 0.2) is 28.1 Å². The average Bonchev–Trinajstić information content (AvgIpc) is 3.60. The van der Waals surface area contributed by atoms with Crippen molar-refractivity contribution in [3.63, 3.8) is 0 Å². The van der Waals surface area contributed by atoms with Crippen LogP contribution in [0.1, 0.15) is 44.2 Å². The number of carboxylic acid groups (broad SMARTS) is 3. The molecule has 1 amide bonds. The second kappa shape index (κ2) is 14.8. The molecular weight excluding hydrogens is 775 g/mol. The number of phenols is 2. The van der Waals surface area contributed by atoms with E-state index in [0.29, 0.717) is 34.3 Å². The number of β-lactam (4-membered cyclic amide) rings is 1. The highest BCUT2D eigenvalue weighted by atomic mass is 32.2. The van der Waals surface area contributed by atoms with Gasteiger partial charge in [0.25, 0.3) is 5.56 Å². The number of hydrogen-bond acceptors (Lipinski definition) is 15. The average molecular weight is 813 g/mol. The molecule has 2 unspecified atom stereocenters. The van der Waals surface area contributed by atoms with Crippen molar-refractivity contribution in [2.75, 3.05) is 25.1 Å². The molecular formula is C35H38N7O12S2+. The maximum absolute atomic E-state index is 13.7. The van der Waals surface area contributed by atoms with Crippen molar-refractivity contribution in [3.05, 3.63) is 51.0 Å².